The molecule has 0 aliphatic heterocycles. The van der Waals surface area contributed by atoms with Crippen molar-refractivity contribution in [1.29, 1.82) is 0 Å². The number of aliphatic hydroxyl groups excluding tert-OH is 1. The molecule has 0 aromatic heterocycles. The van der Waals surface area contributed by atoms with E-state index in [2.05, 4.69) is 5.32 Å². The number of nitrogens with zero attached hydrogens (tertiary/aromatic N) is 1. The van der Waals surface area contributed by atoms with Crippen molar-refractivity contribution < 1.29 is 29.9 Å². The van der Waals surface area contributed by atoms with Gasteiger partial charge in [-0.2, -0.15) is 0 Å². The van der Waals surface area contributed by atoms with Crippen LogP contribution in [0.3, 0.4) is 0 Å². The molecule has 1 amide bonds. The molecule has 0 heterocycles. The second-order valence-electron chi connectivity index (χ2n) is 5.47. The van der Waals surface area contributed by atoms with Gasteiger partial charge < -0.3 is 36.2 Å². The molecule has 23 heavy (non-hydrogen) atoms. The van der Waals surface area contributed by atoms with E-state index in [-0.39, 0.29) is 50.8 Å². The lowest BCUT2D eigenvalue weighted by atomic mass is 9.81. The molecule has 0 saturated carbocycles. The number of amides is 1. The van der Waals surface area contributed by atoms with Gasteiger partial charge in [-0.05, 0) is 25.7 Å². The highest BCUT2D eigenvalue weighted by molar-refractivity contribution is 6.40. The number of carboxylic acids is 1. The van der Waals surface area contributed by atoms with Crippen molar-refractivity contribution in [2.45, 2.75) is 31.6 Å². The monoisotopic (exact) mass is 333 g/mol. The molecule has 0 bridgehead atoms. The van der Waals surface area contributed by atoms with Crippen molar-refractivity contribution in [2.75, 3.05) is 33.3 Å². The number of aliphatic carboxylic acids is 1. The summed E-state index contributed by atoms with van der Waals surface area (Å²) in [7, 11) is 0.127. The van der Waals surface area contributed by atoms with Crippen molar-refractivity contribution in [3.05, 3.63) is 0 Å². The molecule has 0 aliphatic carbocycles. The van der Waals surface area contributed by atoms with Gasteiger partial charge in [0.1, 0.15) is 6.04 Å². The van der Waals surface area contributed by atoms with Gasteiger partial charge in [0, 0.05) is 26.1 Å². The molecule has 2 atom stereocenters. The number of carbonyl (C=O) groups excluding carboxylic acids is 1. The molecule has 0 saturated heterocycles. The van der Waals surface area contributed by atoms with Crippen LogP contribution < -0.4 is 11.1 Å². The number of likely N-dealkylation sites (N-methyl/N-ethyl adjacent to an activating group) is 1. The van der Waals surface area contributed by atoms with Crippen LogP contribution in [0.2, 0.25) is 6.32 Å². The first-order chi connectivity index (χ1) is 10.8. The molecular weight excluding hydrogens is 305 g/mol. The first-order valence-electron chi connectivity index (χ1n) is 7.70. The van der Waals surface area contributed by atoms with Gasteiger partial charge in [0.05, 0.1) is 6.61 Å². The fourth-order valence-corrected chi connectivity index (χ4v) is 2.37. The molecule has 134 valence electrons. The molecule has 0 rings (SSSR count). The second kappa shape index (κ2) is 12.3. The predicted octanol–water partition coefficient (Wildman–Crippen LogP) is -2.30. The van der Waals surface area contributed by atoms with Gasteiger partial charge in [0.2, 0.25) is 5.91 Å². The summed E-state index contributed by atoms with van der Waals surface area (Å²) in [5, 5.41) is 38.6. The van der Waals surface area contributed by atoms with Crippen LogP contribution in [0.5, 0.6) is 0 Å². The van der Waals surface area contributed by atoms with E-state index >= 15 is 0 Å². The lowest BCUT2D eigenvalue weighted by Gasteiger charge is -2.29. The van der Waals surface area contributed by atoms with Gasteiger partial charge in [-0.3, -0.25) is 9.59 Å². The Balaban J connectivity index is 4.82. The standard InChI is InChI=1S/C13H28BN3O6/c1-16-11(9-18)13(21)17(6-5-15)8-10(7-12(19)20)3-2-4-14(22)23/h10-11,16,18,22-23H,2-9,15H2,1H3,(H,19,20)/t10?,11-/m0/s1. The number of aliphatic hydroxyl groups is 1. The summed E-state index contributed by atoms with van der Waals surface area (Å²) in [5.41, 5.74) is 5.51. The van der Waals surface area contributed by atoms with Gasteiger partial charge in [-0.1, -0.05) is 6.42 Å². The van der Waals surface area contributed by atoms with Crippen LogP contribution in [-0.4, -0.2) is 83.5 Å². The average Bonchev–Trinajstić information content (AvgIpc) is 2.46. The molecule has 9 nitrogen and oxygen atoms in total. The third-order valence-electron chi connectivity index (χ3n) is 3.56. The summed E-state index contributed by atoms with van der Waals surface area (Å²) >= 11 is 0. The lowest BCUT2D eigenvalue weighted by molar-refractivity contribution is -0.140. The maximum Gasteiger partial charge on any atom is 0.451 e. The van der Waals surface area contributed by atoms with Gasteiger partial charge in [0.25, 0.3) is 0 Å². The maximum absolute atomic E-state index is 12.3. The largest absolute Gasteiger partial charge is 0.481 e. The molecule has 0 radical (unpaired) electrons. The second-order valence-corrected chi connectivity index (χ2v) is 5.47. The van der Waals surface area contributed by atoms with Crippen molar-refractivity contribution in [3.8, 4) is 0 Å². The van der Waals surface area contributed by atoms with Crippen LogP contribution in [0.15, 0.2) is 0 Å². The highest BCUT2D eigenvalue weighted by Gasteiger charge is 2.25. The number of hydrogen-bond donors (Lipinski definition) is 6. The number of nitrogens with two attached hydrogens (primary N) is 1. The molecule has 0 spiro atoms. The van der Waals surface area contributed by atoms with E-state index in [1.807, 2.05) is 0 Å². The first-order valence-corrected chi connectivity index (χ1v) is 7.70. The smallest absolute Gasteiger partial charge is 0.451 e. The Kier molecular flexibility index (Phi) is 11.6. The quantitative estimate of drug-likeness (QED) is 0.205. The number of nitrogens with one attached hydrogen (secondary N) is 1. The van der Waals surface area contributed by atoms with Crippen molar-refractivity contribution in [2.24, 2.45) is 11.7 Å². The average molecular weight is 333 g/mol. The SMILES string of the molecule is CN[C@@H](CO)C(=O)N(CCN)CC(CCCB(O)O)CC(=O)O. The molecular formula is C13H28BN3O6. The number of carboxylic acid groups (broad SMARTS) is 1. The summed E-state index contributed by atoms with van der Waals surface area (Å²) < 4.78 is 0. The number of rotatable bonds is 13. The van der Waals surface area contributed by atoms with E-state index < -0.39 is 19.1 Å². The predicted molar refractivity (Wildman–Crippen MR) is 85.5 cm³/mol. The topological polar surface area (TPSA) is 156 Å². The molecule has 0 aromatic rings. The number of hydrogen-bond acceptors (Lipinski definition) is 7. The lowest BCUT2D eigenvalue weighted by Crippen LogP contribution is -2.50. The summed E-state index contributed by atoms with van der Waals surface area (Å²) in [5.74, 6) is -1.64. The van der Waals surface area contributed by atoms with E-state index in [9.17, 15) is 14.7 Å². The van der Waals surface area contributed by atoms with Gasteiger partial charge >= 0.3 is 13.1 Å². The van der Waals surface area contributed by atoms with Crippen molar-refractivity contribution >= 4 is 19.0 Å². The Morgan fingerprint density at radius 3 is 2.43 bits per heavy atom. The van der Waals surface area contributed by atoms with Gasteiger partial charge in [-0.25, -0.2) is 0 Å². The Bertz CT molecular complexity index is 355. The summed E-state index contributed by atoms with van der Waals surface area (Å²) in [6, 6.07) is -0.758. The van der Waals surface area contributed by atoms with Crippen LogP contribution in [0, 0.1) is 5.92 Å². The Hall–Kier alpha value is -1.20. The molecule has 0 aromatic carbocycles. The minimum atomic E-state index is -1.43. The Morgan fingerprint density at radius 1 is 1.35 bits per heavy atom. The molecule has 1 unspecified atom stereocenters. The zero-order chi connectivity index (χ0) is 17.8. The van der Waals surface area contributed by atoms with Crippen LogP contribution >= 0.6 is 0 Å². The van der Waals surface area contributed by atoms with Crippen LogP contribution in [0.1, 0.15) is 19.3 Å². The molecule has 7 N–H and O–H groups in total. The van der Waals surface area contributed by atoms with Crippen LogP contribution in [0.4, 0.5) is 0 Å². The van der Waals surface area contributed by atoms with E-state index in [0.29, 0.717) is 12.8 Å². The maximum atomic E-state index is 12.3. The molecule has 0 aliphatic rings. The van der Waals surface area contributed by atoms with E-state index in [1.165, 1.54) is 4.90 Å². The Labute approximate surface area is 136 Å². The van der Waals surface area contributed by atoms with Gasteiger partial charge in [0.15, 0.2) is 0 Å². The highest BCUT2D eigenvalue weighted by Crippen LogP contribution is 2.16. The van der Waals surface area contributed by atoms with E-state index in [1.54, 1.807) is 7.05 Å². The third-order valence-corrected chi connectivity index (χ3v) is 3.56. The zero-order valence-corrected chi connectivity index (χ0v) is 13.5. The molecule has 10 heteroatoms. The molecule has 0 fully saturated rings. The summed E-state index contributed by atoms with van der Waals surface area (Å²) in [6.07, 6.45) is 0.910. The van der Waals surface area contributed by atoms with Crippen molar-refractivity contribution in [1.82, 2.24) is 10.2 Å². The third kappa shape index (κ3) is 9.52. The fraction of sp³-hybridized carbons (Fsp3) is 0.846. The Morgan fingerprint density at radius 2 is 2.00 bits per heavy atom. The first kappa shape index (κ1) is 21.8. The summed E-state index contributed by atoms with van der Waals surface area (Å²) in [4.78, 5) is 24.7. The van der Waals surface area contributed by atoms with Gasteiger partial charge in [-0.15, -0.1) is 0 Å². The minimum Gasteiger partial charge on any atom is -0.481 e. The number of carbonyl (C=O) groups is 2. The minimum absolute atomic E-state index is 0.126. The summed E-state index contributed by atoms with van der Waals surface area (Å²) in [6.45, 7) is 0.317. The highest BCUT2D eigenvalue weighted by atomic mass is 16.4. The van der Waals surface area contributed by atoms with Crippen LogP contribution in [0.25, 0.3) is 0 Å². The van der Waals surface area contributed by atoms with Crippen molar-refractivity contribution in [3.63, 3.8) is 0 Å². The fourth-order valence-electron chi connectivity index (χ4n) is 2.37. The zero-order valence-electron chi connectivity index (χ0n) is 13.5. The van der Waals surface area contributed by atoms with E-state index in [4.69, 9.17) is 20.9 Å². The normalized spacial score (nSPS) is 13.4. The van der Waals surface area contributed by atoms with E-state index in [0.717, 1.165) is 0 Å². The van der Waals surface area contributed by atoms with Crippen LogP contribution in [-0.2, 0) is 9.59 Å².